The van der Waals surface area contributed by atoms with Gasteiger partial charge >= 0.3 is 5.97 Å². The van der Waals surface area contributed by atoms with Crippen molar-refractivity contribution < 1.29 is 14.6 Å². The number of benzene rings is 1. The minimum atomic E-state index is -0.794. The molecular formula is C23H23N3O3. The Labute approximate surface area is 168 Å². The largest absolute Gasteiger partial charge is 0.494 e. The van der Waals surface area contributed by atoms with Crippen LogP contribution in [0.5, 0.6) is 0 Å². The second kappa shape index (κ2) is 7.47. The summed E-state index contributed by atoms with van der Waals surface area (Å²) in [5, 5.41) is 10.1. The molecule has 1 aliphatic rings. The zero-order valence-corrected chi connectivity index (χ0v) is 16.7. The van der Waals surface area contributed by atoms with E-state index in [0.29, 0.717) is 12.2 Å². The number of aromatic nitrogens is 2. The number of methoxy groups -OCH3 is 1. The smallest absolute Gasteiger partial charge is 0.303 e. The summed E-state index contributed by atoms with van der Waals surface area (Å²) in [6.07, 6.45) is 4.50. The summed E-state index contributed by atoms with van der Waals surface area (Å²) in [4.78, 5) is 22.5. The minimum absolute atomic E-state index is 0.113. The molecule has 0 fully saturated rings. The molecular weight excluding hydrogens is 366 g/mol. The van der Waals surface area contributed by atoms with E-state index in [1.165, 1.54) is 0 Å². The molecule has 3 N–H and O–H groups in total. The first-order chi connectivity index (χ1) is 14.0. The summed E-state index contributed by atoms with van der Waals surface area (Å²) in [7, 11) is 1.63. The molecule has 3 aromatic rings. The van der Waals surface area contributed by atoms with Crippen LogP contribution in [-0.2, 0) is 16.0 Å². The van der Waals surface area contributed by atoms with E-state index >= 15 is 0 Å². The standard InChI is InChI=1S/C23H23N3O3/c1-13-16(8-9-23(27)28)14(2)24-18(13)11-21-22(29-3)12-20(26-21)19-10-15-6-4-5-7-17(15)25-19/h4-7,10-12,24-25H,8-9H2,1-3H3,(H,27,28). The molecule has 1 aliphatic heterocycles. The van der Waals surface area contributed by atoms with Crippen LogP contribution in [0.15, 0.2) is 52.9 Å². The number of para-hydroxylation sites is 1. The number of carboxylic acids is 1. The van der Waals surface area contributed by atoms with Gasteiger partial charge in [-0.3, -0.25) is 4.79 Å². The highest BCUT2D eigenvalue weighted by Crippen LogP contribution is 2.28. The Morgan fingerprint density at radius 2 is 2.03 bits per heavy atom. The monoisotopic (exact) mass is 389 g/mol. The summed E-state index contributed by atoms with van der Waals surface area (Å²) in [6, 6.07) is 10.2. The van der Waals surface area contributed by atoms with Crippen LogP contribution in [0, 0.1) is 13.8 Å². The first-order valence-corrected chi connectivity index (χ1v) is 9.50. The van der Waals surface area contributed by atoms with Crippen molar-refractivity contribution in [3.05, 3.63) is 76.1 Å². The maximum absolute atomic E-state index is 10.9. The fourth-order valence-corrected chi connectivity index (χ4v) is 3.73. The fourth-order valence-electron chi connectivity index (χ4n) is 3.73. The number of aliphatic carboxylic acids is 1. The fraction of sp³-hybridized carbons (Fsp3) is 0.217. The van der Waals surface area contributed by atoms with Gasteiger partial charge in [-0.1, -0.05) is 18.2 Å². The second-order valence-electron chi connectivity index (χ2n) is 7.17. The molecule has 6 heteroatoms. The number of carboxylic acid groups (broad SMARTS) is 1. The number of hydrogen-bond acceptors (Lipinski definition) is 3. The number of allylic oxidation sites excluding steroid dienone is 1. The molecule has 0 amide bonds. The van der Waals surface area contributed by atoms with Gasteiger partial charge in [-0.2, -0.15) is 0 Å². The van der Waals surface area contributed by atoms with E-state index < -0.39 is 5.97 Å². The number of fused-ring (bicyclic) bond motifs is 1. The molecule has 0 unspecified atom stereocenters. The highest BCUT2D eigenvalue weighted by molar-refractivity contribution is 6.13. The van der Waals surface area contributed by atoms with Crippen molar-refractivity contribution in [2.75, 3.05) is 7.11 Å². The molecule has 0 bridgehead atoms. The highest BCUT2D eigenvalue weighted by Gasteiger charge is 2.19. The van der Waals surface area contributed by atoms with E-state index in [1.54, 1.807) is 7.11 Å². The maximum Gasteiger partial charge on any atom is 0.303 e. The number of rotatable bonds is 6. The average molecular weight is 389 g/mol. The Balaban J connectivity index is 1.69. The lowest BCUT2D eigenvalue weighted by molar-refractivity contribution is -0.136. The molecule has 29 heavy (non-hydrogen) atoms. The van der Waals surface area contributed by atoms with Gasteiger partial charge in [-0.15, -0.1) is 0 Å². The van der Waals surface area contributed by atoms with Crippen molar-refractivity contribution in [2.24, 2.45) is 4.99 Å². The van der Waals surface area contributed by atoms with Gasteiger partial charge in [0.25, 0.3) is 0 Å². The number of ether oxygens (including phenoxy) is 1. The summed E-state index contributed by atoms with van der Waals surface area (Å²) < 4.78 is 5.55. The van der Waals surface area contributed by atoms with Gasteiger partial charge in [0, 0.05) is 34.8 Å². The van der Waals surface area contributed by atoms with Crippen LogP contribution in [0.1, 0.15) is 34.6 Å². The molecule has 2 aromatic heterocycles. The third-order valence-corrected chi connectivity index (χ3v) is 5.29. The lowest BCUT2D eigenvalue weighted by Crippen LogP contribution is -1.98. The van der Waals surface area contributed by atoms with Gasteiger partial charge < -0.3 is 19.8 Å². The SMILES string of the molecule is COC1=CC(c2cc3ccccc3[nH]2)=NC1=Cc1[nH]c(C)c(CCC(=O)O)c1C. The molecule has 1 aromatic carbocycles. The van der Waals surface area contributed by atoms with Gasteiger partial charge in [0.1, 0.15) is 11.5 Å². The van der Waals surface area contributed by atoms with E-state index in [9.17, 15) is 4.79 Å². The van der Waals surface area contributed by atoms with Crippen LogP contribution in [0.2, 0.25) is 0 Å². The van der Waals surface area contributed by atoms with Gasteiger partial charge in [-0.25, -0.2) is 4.99 Å². The Morgan fingerprint density at radius 3 is 2.76 bits per heavy atom. The lowest BCUT2D eigenvalue weighted by atomic mass is 10.0. The Hall–Kier alpha value is -3.54. The maximum atomic E-state index is 10.9. The number of aliphatic imine (C=N–C) groups is 1. The Bertz CT molecular complexity index is 1160. The molecule has 0 aliphatic carbocycles. The Kier molecular flexibility index (Phi) is 4.84. The zero-order valence-electron chi connectivity index (χ0n) is 16.7. The van der Waals surface area contributed by atoms with Crippen molar-refractivity contribution in [1.29, 1.82) is 0 Å². The van der Waals surface area contributed by atoms with E-state index in [-0.39, 0.29) is 6.42 Å². The molecule has 4 rings (SSSR count). The van der Waals surface area contributed by atoms with Crippen molar-refractivity contribution in [2.45, 2.75) is 26.7 Å². The van der Waals surface area contributed by atoms with Crippen molar-refractivity contribution >= 4 is 28.7 Å². The van der Waals surface area contributed by atoms with Crippen LogP contribution in [0.25, 0.3) is 17.0 Å². The summed E-state index contributed by atoms with van der Waals surface area (Å²) in [6.45, 7) is 3.97. The minimum Gasteiger partial charge on any atom is -0.494 e. The van der Waals surface area contributed by atoms with Gasteiger partial charge in [0.2, 0.25) is 0 Å². The molecule has 0 saturated heterocycles. The average Bonchev–Trinajstić information content (AvgIpc) is 3.36. The topological polar surface area (TPSA) is 90.5 Å². The van der Waals surface area contributed by atoms with Crippen molar-refractivity contribution in [1.82, 2.24) is 9.97 Å². The third-order valence-electron chi connectivity index (χ3n) is 5.29. The van der Waals surface area contributed by atoms with Gasteiger partial charge in [-0.05, 0) is 49.6 Å². The molecule has 0 spiro atoms. The number of aryl methyl sites for hydroxylation is 1. The highest BCUT2D eigenvalue weighted by atomic mass is 16.5. The number of carbonyl (C=O) groups is 1. The van der Waals surface area contributed by atoms with Gasteiger partial charge in [0.15, 0.2) is 0 Å². The number of hydrogen-bond donors (Lipinski definition) is 3. The van der Waals surface area contributed by atoms with Crippen LogP contribution in [0.3, 0.4) is 0 Å². The van der Waals surface area contributed by atoms with E-state index in [4.69, 9.17) is 14.8 Å². The predicted molar refractivity (Wildman–Crippen MR) is 114 cm³/mol. The van der Waals surface area contributed by atoms with Crippen molar-refractivity contribution in [3.8, 4) is 0 Å². The number of aromatic amines is 2. The zero-order chi connectivity index (χ0) is 20.5. The first kappa shape index (κ1) is 18.8. The summed E-state index contributed by atoms with van der Waals surface area (Å²) in [5.74, 6) is -0.102. The van der Waals surface area contributed by atoms with Gasteiger partial charge in [0.05, 0.1) is 18.5 Å². The lowest BCUT2D eigenvalue weighted by Gasteiger charge is -2.02. The van der Waals surface area contributed by atoms with Crippen LogP contribution in [0.4, 0.5) is 0 Å². The molecule has 0 radical (unpaired) electrons. The number of nitrogens with zero attached hydrogens (tertiary/aromatic N) is 1. The number of nitrogens with one attached hydrogen (secondary N) is 2. The summed E-state index contributed by atoms with van der Waals surface area (Å²) >= 11 is 0. The second-order valence-corrected chi connectivity index (χ2v) is 7.17. The Morgan fingerprint density at radius 1 is 1.24 bits per heavy atom. The van der Waals surface area contributed by atoms with Crippen LogP contribution in [-0.4, -0.2) is 33.9 Å². The van der Waals surface area contributed by atoms with Crippen molar-refractivity contribution in [3.63, 3.8) is 0 Å². The number of H-pyrrole nitrogens is 2. The van der Waals surface area contributed by atoms with Crippen LogP contribution >= 0.6 is 0 Å². The summed E-state index contributed by atoms with van der Waals surface area (Å²) in [5.41, 5.74) is 7.53. The van der Waals surface area contributed by atoms with E-state index in [1.807, 2.05) is 44.2 Å². The quantitative estimate of drug-likeness (QED) is 0.579. The third kappa shape index (κ3) is 3.61. The molecule has 148 valence electrons. The predicted octanol–water partition coefficient (Wildman–Crippen LogP) is 4.50. The molecule has 0 saturated carbocycles. The first-order valence-electron chi connectivity index (χ1n) is 9.50. The normalized spacial score (nSPS) is 15.1. The molecule has 0 atom stereocenters. The molecule has 3 heterocycles. The molecule has 6 nitrogen and oxygen atoms in total. The van der Waals surface area contributed by atoms with Crippen LogP contribution < -0.4 is 0 Å². The van der Waals surface area contributed by atoms with E-state index in [0.717, 1.165) is 50.5 Å². The van der Waals surface area contributed by atoms with E-state index in [2.05, 4.69) is 22.1 Å².